The van der Waals surface area contributed by atoms with Gasteiger partial charge in [-0.25, -0.2) is 4.39 Å². The number of hydrogen-bond donors (Lipinski definition) is 2. The molecule has 1 aliphatic rings. The number of pyridine rings is 1. The van der Waals surface area contributed by atoms with Crippen molar-refractivity contribution >= 4 is 17.3 Å². The van der Waals surface area contributed by atoms with Crippen molar-refractivity contribution in [2.75, 3.05) is 25.5 Å². The Labute approximate surface area is 147 Å². The van der Waals surface area contributed by atoms with Crippen LogP contribution in [-0.4, -0.2) is 35.9 Å². The fourth-order valence-electron chi connectivity index (χ4n) is 3.23. The molecule has 0 spiro atoms. The summed E-state index contributed by atoms with van der Waals surface area (Å²) in [5.74, 6) is -0.0472. The van der Waals surface area contributed by atoms with Crippen LogP contribution in [-0.2, 0) is 11.3 Å². The highest BCUT2D eigenvalue weighted by molar-refractivity contribution is 5.78. The Morgan fingerprint density at radius 2 is 2.08 bits per heavy atom. The summed E-state index contributed by atoms with van der Waals surface area (Å²) in [5.41, 5.74) is 2.46. The van der Waals surface area contributed by atoms with Gasteiger partial charge in [-0.1, -0.05) is 0 Å². The highest BCUT2D eigenvalue weighted by Crippen LogP contribution is 2.22. The quantitative estimate of drug-likeness (QED) is 0.877. The number of hydrogen-bond acceptors (Lipinski definition) is 4. The molecule has 0 saturated carbocycles. The smallest absolute Gasteiger partial charge is 0.222 e. The van der Waals surface area contributed by atoms with Gasteiger partial charge in [0.05, 0.1) is 11.9 Å². The molecule has 1 fully saturated rings. The molecular formula is C19H23FN4O. The van der Waals surface area contributed by atoms with Crippen molar-refractivity contribution in [3.05, 3.63) is 54.1 Å². The first-order valence-corrected chi connectivity index (χ1v) is 8.54. The van der Waals surface area contributed by atoms with E-state index in [1.165, 1.54) is 6.07 Å². The van der Waals surface area contributed by atoms with Crippen LogP contribution < -0.4 is 10.6 Å². The van der Waals surface area contributed by atoms with E-state index in [0.29, 0.717) is 12.2 Å². The second-order valence-electron chi connectivity index (χ2n) is 6.38. The first-order valence-electron chi connectivity index (χ1n) is 8.54. The lowest BCUT2D eigenvalue weighted by atomic mass is 9.95. The van der Waals surface area contributed by atoms with Gasteiger partial charge < -0.3 is 10.6 Å². The minimum Gasteiger partial charge on any atom is -0.359 e. The van der Waals surface area contributed by atoms with Crippen molar-refractivity contribution in [1.29, 1.82) is 0 Å². The second kappa shape index (κ2) is 8.07. The van der Waals surface area contributed by atoms with Crippen molar-refractivity contribution < 1.29 is 9.18 Å². The third-order valence-electron chi connectivity index (χ3n) is 4.52. The number of nitrogens with one attached hydrogen (secondary N) is 2. The summed E-state index contributed by atoms with van der Waals surface area (Å²) in [4.78, 5) is 18.0. The fourth-order valence-corrected chi connectivity index (χ4v) is 3.23. The van der Waals surface area contributed by atoms with Crippen molar-refractivity contribution in [1.82, 2.24) is 15.2 Å². The van der Waals surface area contributed by atoms with Crippen LogP contribution >= 0.6 is 0 Å². The average molecular weight is 342 g/mol. The van der Waals surface area contributed by atoms with Gasteiger partial charge in [-0.05, 0) is 61.8 Å². The molecular weight excluding hydrogens is 319 g/mol. The van der Waals surface area contributed by atoms with E-state index >= 15 is 0 Å². The molecule has 0 atom stereocenters. The first-order chi connectivity index (χ1) is 12.1. The SMILES string of the molecule is CNC(=O)C1CCN(Cc2cc(F)cc(Nc3cccnc3)c2)CC1. The summed E-state index contributed by atoms with van der Waals surface area (Å²) in [6, 6.07) is 8.73. The van der Waals surface area contributed by atoms with Crippen LogP contribution in [0.2, 0.25) is 0 Å². The molecule has 2 N–H and O–H groups in total. The monoisotopic (exact) mass is 342 g/mol. The molecule has 2 heterocycles. The number of likely N-dealkylation sites (tertiary alicyclic amines) is 1. The van der Waals surface area contributed by atoms with E-state index in [1.807, 2.05) is 18.2 Å². The number of rotatable bonds is 5. The zero-order valence-electron chi connectivity index (χ0n) is 14.3. The molecule has 1 aliphatic heterocycles. The molecule has 1 amide bonds. The van der Waals surface area contributed by atoms with Gasteiger partial charge in [0.15, 0.2) is 0 Å². The molecule has 0 bridgehead atoms. The highest BCUT2D eigenvalue weighted by Gasteiger charge is 2.24. The summed E-state index contributed by atoms with van der Waals surface area (Å²) in [6.45, 7) is 2.37. The Morgan fingerprint density at radius 3 is 2.76 bits per heavy atom. The number of anilines is 2. The van der Waals surface area contributed by atoms with Crippen molar-refractivity contribution in [2.45, 2.75) is 19.4 Å². The number of amides is 1. The fraction of sp³-hybridized carbons (Fsp3) is 0.368. The third kappa shape index (κ3) is 4.76. The Balaban J connectivity index is 1.62. The summed E-state index contributed by atoms with van der Waals surface area (Å²) in [5, 5.41) is 5.89. The molecule has 0 radical (unpaired) electrons. The number of nitrogens with zero attached hydrogens (tertiary/aromatic N) is 2. The van der Waals surface area contributed by atoms with Gasteiger partial charge >= 0.3 is 0 Å². The van der Waals surface area contributed by atoms with Gasteiger partial charge in [0.25, 0.3) is 0 Å². The molecule has 1 saturated heterocycles. The van der Waals surface area contributed by atoms with Crippen LogP contribution in [0.15, 0.2) is 42.7 Å². The minimum atomic E-state index is -0.260. The summed E-state index contributed by atoms with van der Waals surface area (Å²) >= 11 is 0. The molecule has 2 aromatic rings. The zero-order chi connectivity index (χ0) is 17.6. The normalized spacial score (nSPS) is 15.8. The van der Waals surface area contributed by atoms with Crippen LogP contribution in [0.5, 0.6) is 0 Å². The third-order valence-corrected chi connectivity index (χ3v) is 4.52. The second-order valence-corrected chi connectivity index (χ2v) is 6.38. The molecule has 0 aliphatic carbocycles. The molecule has 132 valence electrons. The van der Waals surface area contributed by atoms with Crippen LogP contribution in [0.25, 0.3) is 0 Å². The minimum absolute atomic E-state index is 0.0940. The Kier molecular flexibility index (Phi) is 5.60. The standard InChI is InChI=1S/C19H23FN4O/c1-21-19(25)15-4-7-24(8-5-15)13-14-9-16(20)11-18(10-14)23-17-3-2-6-22-12-17/h2-3,6,9-12,15,23H,4-5,7-8,13H2,1H3,(H,21,25). The first kappa shape index (κ1) is 17.4. The molecule has 0 unspecified atom stereocenters. The molecule has 6 heteroatoms. The number of aromatic nitrogens is 1. The zero-order valence-corrected chi connectivity index (χ0v) is 14.3. The molecule has 1 aromatic heterocycles. The number of carbonyl (C=O) groups is 1. The summed E-state index contributed by atoms with van der Waals surface area (Å²) in [7, 11) is 1.68. The largest absolute Gasteiger partial charge is 0.359 e. The summed E-state index contributed by atoms with van der Waals surface area (Å²) < 4.78 is 14.0. The van der Waals surface area contributed by atoms with E-state index in [0.717, 1.165) is 37.2 Å². The van der Waals surface area contributed by atoms with E-state index in [1.54, 1.807) is 25.5 Å². The lowest BCUT2D eigenvalue weighted by Crippen LogP contribution is -2.39. The van der Waals surface area contributed by atoms with Crippen molar-refractivity contribution in [3.8, 4) is 0 Å². The van der Waals surface area contributed by atoms with Gasteiger partial charge in [-0.15, -0.1) is 0 Å². The van der Waals surface area contributed by atoms with Crippen LogP contribution in [0, 0.1) is 11.7 Å². The van der Waals surface area contributed by atoms with E-state index in [2.05, 4.69) is 20.5 Å². The Bertz CT molecular complexity index is 715. The van der Waals surface area contributed by atoms with Crippen LogP contribution in [0.3, 0.4) is 0 Å². The van der Waals surface area contributed by atoms with Gasteiger partial charge in [-0.3, -0.25) is 14.7 Å². The number of piperidine rings is 1. The van der Waals surface area contributed by atoms with Gasteiger partial charge in [-0.2, -0.15) is 0 Å². The van der Waals surface area contributed by atoms with Crippen LogP contribution in [0.1, 0.15) is 18.4 Å². The topological polar surface area (TPSA) is 57.3 Å². The van der Waals surface area contributed by atoms with E-state index in [4.69, 9.17) is 0 Å². The molecule has 1 aromatic carbocycles. The maximum Gasteiger partial charge on any atom is 0.222 e. The predicted molar refractivity (Wildman–Crippen MR) is 96.0 cm³/mol. The Hall–Kier alpha value is -2.47. The van der Waals surface area contributed by atoms with Crippen molar-refractivity contribution in [3.63, 3.8) is 0 Å². The predicted octanol–water partition coefficient (Wildman–Crippen LogP) is 2.92. The Morgan fingerprint density at radius 1 is 1.28 bits per heavy atom. The molecule has 5 nitrogen and oxygen atoms in total. The number of benzene rings is 1. The lowest BCUT2D eigenvalue weighted by Gasteiger charge is -2.31. The van der Waals surface area contributed by atoms with E-state index in [-0.39, 0.29) is 17.6 Å². The molecule has 25 heavy (non-hydrogen) atoms. The van der Waals surface area contributed by atoms with E-state index < -0.39 is 0 Å². The van der Waals surface area contributed by atoms with Gasteiger partial charge in [0.2, 0.25) is 5.91 Å². The average Bonchev–Trinajstić information content (AvgIpc) is 2.62. The van der Waals surface area contributed by atoms with Gasteiger partial charge in [0.1, 0.15) is 5.82 Å². The number of halogens is 1. The lowest BCUT2D eigenvalue weighted by molar-refractivity contribution is -0.125. The van der Waals surface area contributed by atoms with Crippen molar-refractivity contribution in [2.24, 2.45) is 5.92 Å². The molecule has 3 rings (SSSR count). The van der Waals surface area contributed by atoms with Gasteiger partial charge in [0, 0.05) is 31.4 Å². The van der Waals surface area contributed by atoms with E-state index in [9.17, 15) is 9.18 Å². The maximum absolute atomic E-state index is 14.0. The summed E-state index contributed by atoms with van der Waals surface area (Å²) in [6.07, 6.45) is 5.09. The van der Waals surface area contributed by atoms with Crippen LogP contribution in [0.4, 0.5) is 15.8 Å². The highest BCUT2D eigenvalue weighted by atomic mass is 19.1. The number of carbonyl (C=O) groups excluding carboxylic acids is 1. The maximum atomic E-state index is 14.0.